The van der Waals surface area contributed by atoms with Gasteiger partial charge in [0.2, 0.25) is 0 Å². The minimum absolute atomic E-state index is 0.415. The highest BCUT2D eigenvalue weighted by atomic mass is 16.5. The molecule has 1 saturated heterocycles. The van der Waals surface area contributed by atoms with Crippen LogP contribution in [0.2, 0.25) is 0 Å². The molecule has 1 aromatic rings. The summed E-state index contributed by atoms with van der Waals surface area (Å²) >= 11 is 0. The van der Waals surface area contributed by atoms with Gasteiger partial charge >= 0.3 is 0 Å². The molecule has 3 rings (SSSR count). The molecule has 1 saturated carbocycles. The number of aryl methyl sites for hydroxylation is 1. The van der Waals surface area contributed by atoms with E-state index in [1.165, 1.54) is 30.4 Å². The molecule has 2 N–H and O–H groups in total. The molecule has 2 unspecified atom stereocenters. The molecule has 2 aliphatic rings. The van der Waals surface area contributed by atoms with E-state index in [4.69, 9.17) is 15.5 Å². The molecule has 2 atom stereocenters. The third-order valence-corrected chi connectivity index (χ3v) is 4.29. The van der Waals surface area contributed by atoms with Crippen LogP contribution in [0.25, 0.3) is 0 Å². The first kappa shape index (κ1) is 12.9. The molecule has 4 nitrogen and oxygen atoms in total. The average Bonchev–Trinajstić information content (AvgIpc) is 2.88. The van der Waals surface area contributed by atoms with Gasteiger partial charge in [-0.2, -0.15) is 0 Å². The summed E-state index contributed by atoms with van der Waals surface area (Å²) in [4.78, 5) is 7.16. The summed E-state index contributed by atoms with van der Waals surface area (Å²) in [6.45, 7) is 4.63. The van der Waals surface area contributed by atoms with Gasteiger partial charge in [0.25, 0.3) is 0 Å². The van der Waals surface area contributed by atoms with Crippen LogP contribution in [0, 0.1) is 6.92 Å². The first-order chi connectivity index (χ1) is 9.29. The molecule has 0 amide bonds. The summed E-state index contributed by atoms with van der Waals surface area (Å²) in [5.74, 6) is 1.14. The minimum atomic E-state index is 0.415. The molecule has 0 aromatic carbocycles. The van der Waals surface area contributed by atoms with Crippen molar-refractivity contribution in [2.45, 2.75) is 44.8 Å². The van der Waals surface area contributed by atoms with Crippen LogP contribution >= 0.6 is 0 Å². The molecule has 1 aliphatic carbocycles. The summed E-state index contributed by atoms with van der Waals surface area (Å²) in [5.41, 5.74) is 8.11. The number of fused-ring (bicyclic) bond motifs is 1. The highest BCUT2D eigenvalue weighted by molar-refractivity contribution is 5.49. The number of nitrogens with two attached hydrogens (primary N) is 1. The lowest BCUT2D eigenvalue weighted by Crippen LogP contribution is -2.49. The van der Waals surface area contributed by atoms with E-state index in [-0.39, 0.29) is 0 Å². The van der Waals surface area contributed by atoms with E-state index in [2.05, 4.69) is 17.9 Å². The number of rotatable bonds is 3. The van der Waals surface area contributed by atoms with Crippen molar-refractivity contribution in [3.63, 3.8) is 0 Å². The van der Waals surface area contributed by atoms with Crippen molar-refractivity contribution in [3.05, 3.63) is 23.4 Å². The molecular formula is C15H23N3O. The van der Waals surface area contributed by atoms with Crippen molar-refractivity contribution in [2.75, 3.05) is 24.6 Å². The standard InChI is InChI=1S/C15H23N3O/c1-11-9-12(5-6-16)10-17-15(11)18-7-8-19-14-4-2-3-13(14)18/h9-10,13-14H,2-8,16H2,1H3. The Morgan fingerprint density at radius 2 is 2.37 bits per heavy atom. The molecule has 0 bridgehead atoms. The van der Waals surface area contributed by atoms with Crippen molar-refractivity contribution in [1.82, 2.24) is 4.98 Å². The highest BCUT2D eigenvalue weighted by Crippen LogP contribution is 2.33. The lowest BCUT2D eigenvalue weighted by Gasteiger charge is -2.39. The number of nitrogens with zero attached hydrogens (tertiary/aromatic N) is 2. The normalized spacial score (nSPS) is 26.5. The van der Waals surface area contributed by atoms with Gasteiger partial charge in [0.15, 0.2) is 0 Å². The zero-order valence-corrected chi connectivity index (χ0v) is 11.6. The van der Waals surface area contributed by atoms with Crippen molar-refractivity contribution in [1.29, 1.82) is 0 Å². The lowest BCUT2D eigenvalue weighted by molar-refractivity contribution is 0.0253. The molecular weight excluding hydrogens is 238 g/mol. The predicted octanol–water partition coefficient (Wildman–Crippen LogP) is 1.65. The fourth-order valence-corrected chi connectivity index (χ4v) is 3.42. The van der Waals surface area contributed by atoms with E-state index in [1.54, 1.807) is 0 Å². The fraction of sp³-hybridized carbons (Fsp3) is 0.667. The molecule has 2 fully saturated rings. The Hall–Kier alpha value is -1.13. The van der Waals surface area contributed by atoms with Crippen LogP contribution in [0.4, 0.5) is 5.82 Å². The van der Waals surface area contributed by atoms with Gasteiger partial charge in [-0.25, -0.2) is 4.98 Å². The summed E-state index contributed by atoms with van der Waals surface area (Å²) < 4.78 is 5.87. The number of hydrogen-bond donors (Lipinski definition) is 1. The molecule has 1 aromatic heterocycles. The fourth-order valence-electron chi connectivity index (χ4n) is 3.42. The Morgan fingerprint density at radius 1 is 1.47 bits per heavy atom. The van der Waals surface area contributed by atoms with Crippen LogP contribution in [-0.4, -0.2) is 36.8 Å². The van der Waals surface area contributed by atoms with Crippen LogP contribution in [0.1, 0.15) is 30.4 Å². The second-order valence-electron chi connectivity index (χ2n) is 5.62. The Kier molecular flexibility index (Phi) is 3.71. The zero-order chi connectivity index (χ0) is 13.2. The van der Waals surface area contributed by atoms with E-state index < -0.39 is 0 Å². The van der Waals surface area contributed by atoms with Crippen LogP contribution in [0.5, 0.6) is 0 Å². The zero-order valence-electron chi connectivity index (χ0n) is 11.6. The second kappa shape index (κ2) is 5.47. The molecule has 1 aliphatic heterocycles. The number of ether oxygens (including phenoxy) is 1. The Labute approximate surface area is 115 Å². The molecule has 2 heterocycles. The van der Waals surface area contributed by atoms with E-state index in [0.29, 0.717) is 18.7 Å². The maximum Gasteiger partial charge on any atom is 0.131 e. The largest absolute Gasteiger partial charge is 0.374 e. The van der Waals surface area contributed by atoms with Gasteiger partial charge in [-0.1, -0.05) is 6.07 Å². The molecule has 0 spiro atoms. The number of anilines is 1. The first-order valence-electron chi connectivity index (χ1n) is 7.33. The third kappa shape index (κ3) is 2.47. The van der Waals surface area contributed by atoms with Gasteiger partial charge in [-0.05, 0) is 50.3 Å². The van der Waals surface area contributed by atoms with Crippen LogP contribution < -0.4 is 10.6 Å². The van der Waals surface area contributed by atoms with Gasteiger partial charge in [0.05, 0.1) is 18.8 Å². The quantitative estimate of drug-likeness (QED) is 0.899. The molecule has 104 valence electrons. The van der Waals surface area contributed by atoms with Gasteiger partial charge < -0.3 is 15.4 Å². The van der Waals surface area contributed by atoms with Gasteiger partial charge in [0.1, 0.15) is 5.82 Å². The SMILES string of the molecule is Cc1cc(CCN)cnc1N1CCOC2CCCC21. The van der Waals surface area contributed by atoms with E-state index >= 15 is 0 Å². The van der Waals surface area contributed by atoms with E-state index in [1.807, 2.05) is 6.20 Å². The molecule has 0 radical (unpaired) electrons. The van der Waals surface area contributed by atoms with Gasteiger partial charge in [0, 0.05) is 12.7 Å². The summed E-state index contributed by atoms with van der Waals surface area (Å²) in [6, 6.07) is 2.76. The Balaban J connectivity index is 1.84. The number of morpholine rings is 1. The average molecular weight is 261 g/mol. The molecule has 4 heteroatoms. The Bertz CT molecular complexity index is 449. The van der Waals surface area contributed by atoms with Crippen molar-refractivity contribution in [2.24, 2.45) is 5.73 Å². The van der Waals surface area contributed by atoms with Crippen LogP contribution in [0.3, 0.4) is 0 Å². The summed E-state index contributed by atoms with van der Waals surface area (Å²) in [7, 11) is 0. The monoisotopic (exact) mass is 261 g/mol. The number of hydrogen-bond acceptors (Lipinski definition) is 4. The van der Waals surface area contributed by atoms with Crippen molar-refractivity contribution < 1.29 is 4.74 Å². The highest BCUT2D eigenvalue weighted by Gasteiger charge is 2.37. The number of aromatic nitrogens is 1. The van der Waals surface area contributed by atoms with Crippen LogP contribution in [-0.2, 0) is 11.2 Å². The number of pyridine rings is 1. The van der Waals surface area contributed by atoms with Crippen LogP contribution in [0.15, 0.2) is 12.3 Å². The lowest BCUT2D eigenvalue weighted by atomic mass is 10.1. The van der Waals surface area contributed by atoms with Gasteiger partial charge in [-0.3, -0.25) is 0 Å². The minimum Gasteiger partial charge on any atom is -0.374 e. The summed E-state index contributed by atoms with van der Waals surface area (Å²) in [6.07, 6.45) is 7.01. The smallest absolute Gasteiger partial charge is 0.131 e. The maximum absolute atomic E-state index is 5.87. The van der Waals surface area contributed by atoms with Crippen molar-refractivity contribution >= 4 is 5.82 Å². The third-order valence-electron chi connectivity index (χ3n) is 4.29. The topological polar surface area (TPSA) is 51.4 Å². The molecule has 19 heavy (non-hydrogen) atoms. The van der Waals surface area contributed by atoms with E-state index in [9.17, 15) is 0 Å². The Morgan fingerprint density at radius 3 is 3.16 bits per heavy atom. The first-order valence-corrected chi connectivity index (χ1v) is 7.33. The second-order valence-corrected chi connectivity index (χ2v) is 5.62. The maximum atomic E-state index is 5.87. The summed E-state index contributed by atoms with van der Waals surface area (Å²) in [5, 5.41) is 0. The predicted molar refractivity (Wildman–Crippen MR) is 76.5 cm³/mol. The van der Waals surface area contributed by atoms with E-state index in [0.717, 1.165) is 25.4 Å². The van der Waals surface area contributed by atoms with Crippen molar-refractivity contribution in [3.8, 4) is 0 Å². The van der Waals surface area contributed by atoms with Gasteiger partial charge in [-0.15, -0.1) is 0 Å².